The van der Waals surface area contributed by atoms with Gasteiger partial charge >= 0.3 is 0 Å². The summed E-state index contributed by atoms with van der Waals surface area (Å²) in [5.41, 5.74) is 1.28. The molecule has 1 aliphatic heterocycles. The molecule has 2 rings (SSSR count). The largest absolute Gasteiger partial charge is 0.302 e. The second-order valence-corrected chi connectivity index (χ2v) is 4.46. The van der Waals surface area contributed by atoms with Gasteiger partial charge in [-0.1, -0.05) is 0 Å². The second kappa shape index (κ2) is 2.99. The van der Waals surface area contributed by atoms with E-state index in [9.17, 15) is 0 Å². The lowest BCUT2D eigenvalue weighted by Crippen LogP contribution is -2.45. The number of halogens is 1. The summed E-state index contributed by atoms with van der Waals surface area (Å²) in [6.45, 7) is 4.38. The zero-order valence-electron chi connectivity index (χ0n) is 7.29. The molecule has 0 bridgehead atoms. The molecular formula is C8H12IN3. The summed E-state index contributed by atoms with van der Waals surface area (Å²) in [7, 11) is 2.14. The monoisotopic (exact) mass is 277 g/mol. The predicted molar refractivity (Wildman–Crippen MR) is 56.2 cm³/mol. The molecule has 1 fully saturated rings. The summed E-state index contributed by atoms with van der Waals surface area (Å²) >= 11 is 2.36. The SMILES string of the molecule is Cc1cnn(C2CN(C)C2)c1I. The van der Waals surface area contributed by atoms with Crippen LogP contribution in [0.1, 0.15) is 11.6 Å². The van der Waals surface area contributed by atoms with Crippen LogP contribution >= 0.6 is 22.6 Å². The van der Waals surface area contributed by atoms with Gasteiger partial charge in [0.1, 0.15) is 3.70 Å². The van der Waals surface area contributed by atoms with Crippen LogP contribution in [-0.4, -0.2) is 34.8 Å². The zero-order valence-corrected chi connectivity index (χ0v) is 9.45. The van der Waals surface area contributed by atoms with Crippen LogP contribution in [0.3, 0.4) is 0 Å². The standard InChI is InChI=1S/C8H12IN3/c1-6-3-10-12(8(6)9)7-4-11(2)5-7/h3,7H,4-5H2,1-2H3. The molecule has 1 aromatic rings. The van der Waals surface area contributed by atoms with E-state index in [1.165, 1.54) is 9.26 Å². The third kappa shape index (κ3) is 1.26. The van der Waals surface area contributed by atoms with Crippen LogP contribution in [0.25, 0.3) is 0 Å². The molecular weight excluding hydrogens is 265 g/mol. The van der Waals surface area contributed by atoms with Gasteiger partial charge in [-0.15, -0.1) is 0 Å². The number of hydrogen-bond acceptors (Lipinski definition) is 2. The van der Waals surface area contributed by atoms with Gasteiger partial charge in [-0.05, 0) is 36.6 Å². The van der Waals surface area contributed by atoms with Crippen molar-refractivity contribution in [2.24, 2.45) is 0 Å². The van der Waals surface area contributed by atoms with Crippen LogP contribution in [0.5, 0.6) is 0 Å². The Bertz CT molecular complexity index is 288. The minimum Gasteiger partial charge on any atom is -0.302 e. The molecule has 4 heteroatoms. The molecule has 0 unspecified atom stereocenters. The average molecular weight is 277 g/mol. The quantitative estimate of drug-likeness (QED) is 0.721. The Hall–Kier alpha value is -0.100. The van der Waals surface area contributed by atoms with Crippen molar-refractivity contribution in [3.63, 3.8) is 0 Å². The molecule has 66 valence electrons. The lowest BCUT2D eigenvalue weighted by molar-refractivity contribution is 0.128. The highest BCUT2D eigenvalue weighted by Crippen LogP contribution is 2.22. The van der Waals surface area contributed by atoms with Crippen molar-refractivity contribution >= 4 is 22.6 Å². The van der Waals surface area contributed by atoms with Gasteiger partial charge in [-0.2, -0.15) is 5.10 Å². The molecule has 0 aromatic carbocycles. The lowest BCUT2D eigenvalue weighted by Gasteiger charge is -2.36. The molecule has 3 nitrogen and oxygen atoms in total. The van der Waals surface area contributed by atoms with Crippen LogP contribution in [0.15, 0.2) is 6.20 Å². The number of hydrogen-bond donors (Lipinski definition) is 0. The number of aromatic nitrogens is 2. The van der Waals surface area contributed by atoms with Crippen molar-refractivity contribution in [1.82, 2.24) is 14.7 Å². The molecule has 1 saturated heterocycles. The van der Waals surface area contributed by atoms with E-state index in [0.29, 0.717) is 6.04 Å². The van der Waals surface area contributed by atoms with Gasteiger partial charge in [0.2, 0.25) is 0 Å². The molecule has 0 spiro atoms. The Labute approximate surface area is 85.9 Å². The van der Waals surface area contributed by atoms with Crippen molar-refractivity contribution in [2.75, 3.05) is 20.1 Å². The summed E-state index contributed by atoms with van der Waals surface area (Å²) in [4.78, 5) is 2.30. The smallest absolute Gasteiger partial charge is 0.102 e. The lowest BCUT2D eigenvalue weighted by atomic mass is 10.1. The first-order chi connectivity index (χ1) is 5.68. The summed E-state index contributed by atoms with van der Waals surface area (Å²) in [5, 5.41) is 4.35. The Morgan fingerprint density at radius 2 is 2.25 bits per heavy atom. The molecule has 12 heavy (non-hydrogen) atoms. The number of rotatable bonds is 1. The molecule has 2 heterocycles. The van der Waals surface area contributed by atoms with Crippen molar-refractivity contribution in [1.29, 1.82) is 0 Å². The van der Waals surface area contributed by atoms with Crippen molar-refractivity contribution < 1.29 is 0 Å². The van der Waals surface area contributed by atoms with E-state index in [2.05, 4.69) is 51.2 Å². The number of nitrogens with zero attached hydrogens (tertiary/aromatic N) is 3. The van der Waals surface area contributed by atoms with Crippen LogP contribution in [-0.2, 0) is 0 Å². The number of likely N-dealkylation sites (tertiary alicyclic amines) is 1. The summed E-state index contributed by atoms with van der Waals surface area (Å²) in [6, 6.07) is 0.607. The van der Waals surface area contributed by atoms with Gasteiger partial charge in [-0.25, -0.2) is 0 Å². The summed E-state index contributed by atoms with van der Waals surface area (Å²) in [6.07, 6.45) is 1.94. The highest BCUT2D eigenvalue weighted by Gasteiger charge is 2.26. The predicted octanol–water partition coefficient (Wildman–Crippen LogP) is 1.28. The van der Waals surface area contributed by atoms with Crippen LogP contribution in [0.2, 0.25) is 0 Å². The maximum atomic E-state index is 4.35. The Morgan fingerprint density at radius 3 is 2.67 bits per heavy atom. The van der Waals surface area contributed by atoms with Gasteiger partial charge in [-0.3, -0.25) is 4.68 Å². The Balaban J connectivity index is 2.18. The van der Waals surface area contributed by atoms with Gasteiger partial charge in [0, 0.05) is 18.7 Å². The molecule has 1 aliphatic rings. The molecule has 0 aliphatic carbocycles. The average Bonchev–Trinajstić information content (AvgIpc) is 2.28. The molecule has 0 amide bonds. The fourth-order valence-corrected chi connectivity index (χ4v) is 2.17. The highest BCUT2D eigenvalue weighted by atomic mass is 127. The van der Waals surface area contributed by atoms with E-state index >= 15 is 0 Å². The van der Waals surface area contributed by atoms with Gasteiger partial charge in [0.15, 0.2) is 0 Å². The summed E-state index contributed by atoms with van der Waals surface area (Å²) in [5.74, 6) is 0. The molecule has 0 saturated carbocycles. The van der Waals surface area contributed by atoms with E-state index in [-0.39, 0.29) is 0 Å². The number of aryl methyl sites for hydroxylation is 1. The first-order valence-electron chi connectivity index (χ1n) is 4.06. The van der Waals surface area contributed by atoms with Gasteiger partial charge < -0.3 is 4.90 Å². The minimum absolute atomic E-state index is 0.607. The molecule has 0 atom stereocenters. The molecule has 0 N–H and O–H groups in total. The van der Waals surface area contributed by atoms with E-state index in [1.807, 2.05) is 6.20 Å². The third-order valence-electron chi connectivity index (χ3n) is 2.29. The fourth-order valence-electron chi connectivity index (χ4n) is 1.51. The molecule has 1 aromatic heterocycles. The maximum absolute atomic E-state index is 4.35. The van der Waals surface area contributed by atoms with Crippen LogP contribution < -0.4 is 0 Å². The second-order valence-electron chi connectivity index (χ2n) is 3.44. The third-order valence-corrected chi connectivity index (χ3v) is 3.64. The fraction of sp³-hybridized carbons (Fsp3) is 0.625. The van der Waals surface area contributed by atoms with Gasteiger partial charge in [0.25, 0.3) is 0 Å². The van der Waals surface area contributed by atoms with Crippen LogP contribution in [0.4, 0.5) is 0 Å². The van der Waals surface area contributed by atoms with Crippen molar-refractivity contribution in [3.8, 4) is 0 Å². The van der Waals surface area contributed by atoms with Crippen molar-refractivity contribution in [3.05, 3.63) is 15.5 Å². The van der Waals surface area contributed by atoms with E-state index in [4.69, 9.17) is 0 Å². The Kier molecular flexibility index (Phi) is 2.12. The normalized spacial score (nSPS) is 19.6. The van der Waals surface area contributed by atoms with E-state index in [1.54, 1.807) is 0 Å². The first kappa shape index (κ1) is 8.50. The van der Waals surface area contributed by atoms with Crippen LogP contribution in [0, 0.1) is 10.6 Å². The van der Waals surface area contributed by atoms with Crippen molar-refractivity contribution in [2.45, 2.75) is 13.0 Å². The number of likely N-dealkylation sites (N-methyl/N-ethyl adjacent to an activating group) is 1. The molecule has 0 radical (unpaired) electrons. The Morgan fingerprint density at radius 1 is 1.58 bits per heavy atom. The zero-order chi connectivity index (χ0) is 8.72. The highest BCUT2D eigenvalue weighted by molar-refractivity contribution is 14.1. The van der Waals surface area contributed by atoms with E-state index in [0.717, 1.165) is 13.1 Å². The topological polar surface area (TPSA) is 21.1 Å². The maximum Gasteiger partial charge on any atom is 0.102 e. The first-order valence-corrected chi connectivity index (χ1v) is 5.14. The minimum atomic E-state index is 0.607. The summed E-state index contributed by atoms with van der Waals surface area (Å²) < 4.78 is 3.42. The van der Waals surface area contributed by atoms with Gasteiger partial charge in [0.05, 0.1) is 12.2 Å². The van der Waals surface area contributed by atoms with E-state index < -0.39 is 0 Å².